The molecule has 0 amide bonds. The first-order valence-corrected chi connectivity index (χ1v) is 5.41. The highest BCUT2D eigenvalue weighted by Gasteiger charge is 2.09. The molecular formula is C10H13BrN2O2. The third kappa shape index (κ3) is 3.53. The van der Waals surface area contributed by atoms with E-state index in [4.69, 9.17) is 10.8 Å². The highest BCUT2D eigenvalue weighted by molar-refractivity contribution is 9.10. The van der Waals surface area contributed by atoms with Crippen LogP contribution in [0.1, 0.15) is 16.8 Å². The Labute approximate surface area is 96.6 Å². The Hall–Kier alpha value is -1.07. The van der Waals surface area contributed by atoms with E-state index >= 15 is 0 Å². The van der Waals surface area contributed by atoms with Crippen molar-refractivity contribution in [1.29, 1.82) is 0 Å². The van der Waals surface area contributed by atoms with Gasteiger partial charge in [-0.1, -0.05) is 15.9 Å². The van der Waals surface area contributed by atoms with Crippen LogP contribution in [-0.2, 0) is 0 Å². The maximum absolute atomic E-state index is 10.9. The molecule has 0 fully saturated rings. The van der Waals surface area contributed by atoms with Crippen molar-refractivity contribution in [3.05, 3.63) is 28.2 Å². The molecule has 0 saturated heterocycles. The number of halogens is 1. The topological polar surface area (TPSA) is 75.3 Å². The molecular weight excluding hydrogens is 260 g/mol. The second-order valence-electron chi connectivity index (χ2n) is 3.06. The Kier molecular flexibility index (Phi) is 4.58. The third-order valence-electron chi connectivity index (χ3n) is 1.91. The minimum atomic E-state index is -0.938. The van der Waals surface area contributed by atoms with E-state index in [-0.39, 0.29) is 5.56 Å². The van der Waals surface area contributed by atoms with Gasteiger partial charge in [0.2, 0.25) is 0 Å². The molecule has 0 aliphatic carbocycles. The molecule has 0 heterocycles. The molecule has 4 N–H and O–H groups in total. The van der Waals surface area contributed by atoms with Gasteiger partial charge >= 0.3 is 5.97 Å². The van der Waals surface area contributed by atoms with Crippen LogP contribution in [0.4, 0.5) is 5.69 Å². The van der Waals surface area contributed by atoms with Crippen molar-refractivity contribution in [1.82, 2.24) is 0 Å². The first-order chi connectivity index (χ1) is 7.15. The lowest BCUT2D eigenvalue weighted by Crippen LogP contribution is -2.11. The van der Waals surface area contributed by atoms with Gasteiger partial charge in [0, 0.05) is 16.7 Å². The number of carbonyl (C=O) groups is 1. The fourth-order valence-electron chi connectivity index (χ4n) is 1.17. The van der Waals surface area contributed by atoms with E-state index in [2.05, 4.69) is 21.2 Å². The Morgan fingerprint density at radius 2 is 2.27 bits per heavy atom. The Balaban J connectivity index is 2.81. The summed E-state index contributed by atoms with van der Waals surface area (Å²) in [6.07, 6.45) is 0.815. The van der Waals surface area contributed by atoms with Crippen LogP contribution >= 0.6 is 15.9 Å². The summed E-state index contributed by atoms with van der Waals surface area (Å²) in [7, 11) is 0. The molecule has 0 unspecified atom stereocenters. The van der Waals surface area contributed by atoms with E-state index in [1.54, 1.807) is 18.2 Å². The predicted molar refractivity (Wildman–Crippen MR) is 63.3 cm³/mol. The molecule has 0 aromatic heterocycles. The molecule has 0 saturated carbocycles. The summed E-state index contributed by atoms with van der Waals surface area (Å²) in [5.41, 5.74) is 6.24. The molecule has 1 rings (SSSR count). The van der Waals surface area contributed by atoms with Gasteiger partial charge in [0.05, 0.1) is 5.56 Å². The third-order valence-corrected chi connectivity index (χ3v) is 2.40. The molecule has 0 atom stereocenters. The molecule has 82 valence electrons. The lowest BCUT2D eigenvalue weighted by molar-refractivity contribution is 0.0698. The second kappa shape index (κ2) is 5.72. The van der Waals surface area contributed by atoms with Gasteiger partial charge in [-0.25, -0.2) is 4.79 Å². The molecule has 0 aliphatic rings. The van der Waals surface area contributed by atoms with Crippen LogP contribution in [0.25, 0.3) is 0 Å². The van der Waals surface area contributed by atoms with E-state index < -0.39 is 5.97 Å². The molecule has 1 aromatic rings. The summed E-state index contributed by atoms with van der Waals surface area (Å²) in [5.74, 6) is -0.938. The van der Waals surface area contributed by atoms with Gasteiger partial charge in [0.1, 0.15) is 0 Å². The zero-order valence-electron chi connectivity index (χ0n) is 8.16. The average molecular weight is 273 g/mol. The van der Waals surface area contributed by atoms with Crippen LogP contribution in [0.15, 0.2) is 22.7 Å². The molecule has 0 aliphatic heterocycles. The van der Waals surface area contributed by atoms with Crippen LogP contribution in [0, 0.1) is 0 Å². The number of carboxylic acids is 1. The van der Waals surface area contributed by atoms with Crippen LogP contribution in [-0.4, -0.2) is 24.2 Å². The first kappa shape index (κ1) is 12.0. The lowest BCUT2D eigenvalue weighted by Gasteiger charge is -2.09. The first-order valence-electron chi connectivity index (χ1n) is 4.62. The summed E-state index contributed by atoms with van der Waals surface area (Å²) in [4.78, 5) is 10.9. The minimum absolute atomic E-state index is 0.265. The Morgan fingerprint density at radius 3 is 2.87 bits per heavy atom. The largest absolute Gasteiger partial charge is 0.478 e. The van der Waals surface area contributed by atoms with E-state index in [1.165, 1.54) is 0 Å². The van der Waals surface area contributed by atoms with Crippen LogP contribution in [0.5, 0.6) is 0 Å². The fourth-order valence-corrected chi connectivity index (χ4v) is 1.53. The quantitative estimate of drug-likeness (QED) is 0.716. The summed E-state index contributed by atoms with van der Waals surface area (Å²) < 4.78 is 0.754. The average Bonchev–Trinajstić information content (AvgIpc) is 2.20. The molecule has 0 radical (unpaired) electrons. The van der Waals surface area contributed by atoms with Crippen LogP contribution in [0.2, 0.25) is 0 Å². The highest BCUT2D eigenvalue weighted by Crippen LogP contribution is 2.20. The fraction of sp³-hybridized carbons (Fsp3) is 0.300. The number of hydrogen-bond acceptors (Lipinski definition) is 3. The number of benzene rings is 1. The van der Waals surface area contributed by atoms with Gasteiger partial charge in [-0.3, -0.25) is 0 Å². The molecule has 4 nitrogen and oxygen atoms in total. The van der Waals surface area contributed by atoms with Crippen molar-refractivity contribution in [2.75, 3.05) is 18.4 Å². The van der Waals surface area contributed by atoms with Gasteiger partial charge in [-0.2, -0.15) is 0 Å². The molecule has 0 bridgehead atoms. The zero-order valence-corrected chi connectivity index (χ0v) is 9.75. The van der Waals surface area contributed by atoms with E-state index in [9.17, 15) is 4.79 Å². The minimum Gasteiger partial charge on any atom is -0.478 e. The van der Waals surface area contributed by atoms with Crippen molar-refractivity contribution >= 4 is 27.6 Å². The van der Waals surface area contributed by atoms with Crippen molar-refractivity contribution in [3.63, 3.8) is 0 Å². The van der Waals surface area contributed by atoms with Crippen molar-refractivity contribution in [2.45, 2.75) is 6.42 Å². The normalized spacial score (nSPS) is 10.0. The SMILES string of the molecule is NCCCNc1ccc(Br)cc1C(=O)O. The van der Waals surface area contributed by atoms with Crippen molar-refractivity contribution in [3.8, 4) is 0 Å². The Bertz CT molecular complexity index is 355. The zero-order chi connectivity index (χ0) is 11.3. The number of nitrogens with two attached hydrogens (primary N) is 1. The standard InChI is InChI=1S/C10H13BrN2O2/c11-7-2-3-9(13-5-1-4-12)8(6-7)10(14)15/h2-3,6,13H,1,4-5,12H2,(H,14,15). The summed E-state index contributed by atoms with van der Waals surface area (Å²) >= 11 is 3.24. The highest BCUT2D eigenvalue weighted by atomic mass is 79.9. The van der Waals surface area contributed by atoms with E-state index in [1.807, 2.05) is 0 Å². The van der Waals surface area contributed by atoms with Gasteiger partial charge in [0.15, 0.2) is 0 Å². The van der Waals surface area contributed by atoms with Crippen molar-refractivity contribution < 1.29 is 9.90 Å². The van der Waals surface area contributed by atoms with Gasteiger partial charge < -0.3 is 16.2 Å². The number of nitrogens with one attached hydrogen (secondary N) is 1. The summed E-state index contributed by atoms with van der Waals surface area (Å²) in [6.45, 7) is 1.27. The lowest BCUT2D eigenvalue weighted by atomic mass is 10.2. The smallest absolute Gasteiger partial charge is 0.337 e. The van der Waals surface area contributed by atoms with Gasteiger partial charge in [0.25, 0.3) is 0 Å². The maximum Gasteiger partial charge on any atom is 0.337 e. The van der Waals surface area contributed by atoms with Gasteiger partial charge in [-0.15, -0.1) is 0 Å². The van der Waals surface area contributed by atoms with Crippen LogP contribution < -0.4 is 11.1 Å². The molecule has 0 spiro atoms. The molecule has 5 heteroatoms. The summed E-state index contributed by atoms with van der Waals surface area (Å²) in [6, 6.07) is 5.12. The molecule has 1 aromatic carbocycles. The molecule has 15 heavy (non-hydrogen) atoms. The predicted octanol–water partition coefficient (Wildman–Crippen LogP) is 1.91. The van der Waals surface area contributed by atoms with Gasteiger partial charge in [-0.05, 0) is 31.2 Å². The van der Waals surface area contributed by atoms with E-state index in [0.717, 1.165) is 10.9 Å². The number of carboxylic acid groups (broad SMARTS) is 1. The number of hydrogen-bond donors (Lipinski definition) is 3. The van der Waals surface area contributed by atoms with Crippen LogP contribution in [0.3, 0.4) is 0 Å². The number of aromatic carboxylic acids is 1. The second-order valence-corrected chi connectivity index (χ2v) is 3.98. The summed E-state index contributed by atoms with van der Waals surface area (Å²) in [5, 5.41) is 12.0. The monoisotopic (exact) mass is 272 g/mol. The Morgan fingerprint density at radius 1 is 1.53 bits per heavy atom. The maximum atomic E-state index is 10.9. The van der Waals surface area contributed by atoms with E-state index in [0.29, 0.717) is 18.8 Å². The van der Waals surface area contributed by atoms with Crippen molar-refractivity contribution in [2.24, 2.45) is 5.73 Å². The number of rotatable bonds is 5. The number of anilines is 1.